The molecule has 2 N–H and O–H groups in total. The van der Waals surface area contributed by atoms with E-state index >= 15 is 0 Å². The quantitative estimate of drug-likeness (QED) is 0.866. The Balaban J connectivity index is 1.87. The third-order valence-electron chi connectivity index (χ3n) is 3.50. The first-order valence-electron chi connectivity index (χ1n) is 6.88. The summed E-state index contributed by atoms with van der Waals surface area (Å²) in [6.07, 6.45) is 4.46. The predicted octanol–water partition coefficient (Wildman–Crippen LogP) is 1.81. The van der Waals surface area contributed by atoms with Crippen LogP contribution in [0.25, 0.3) is 0 Å². The van der Waals surface area contributed by atoms with Gasteiger partial charge in [-0.3, -0.25) is 0 Å². The third kappa shape index (κ3) is 4.30. The Bertz CT molecular complexity index is 508. The summed E-state index contributed by atoms with van der Waals surface area (Å²) >= 11 is 0. The number of benzene rings is 1. The number of hydrogen-bond donors (Lipinski definition) is 2. The topological polar surface area (TPSA) is 58.2 Å². The first-order valence-corrected chi connectivity index (χ1v) is 8.36. The van der Waals surface area contributed by atoms with Crippen LogP contribution in [0.15, 0.2) is 29.2 Å². The van der Waals surface area contributed by atoms with Crippen LogP contribution >= 0.6 is 0 Å². The van der Waals surface area contributed by atoms with Crippen molar-refractivity contribution < 1.29 is 8.42 Å². The van der Waals surface area contributed by atoms with Crippen molar-refractivity contribution in [1.29, 1.82) is 0 Å². The molecule has 0 bridgehead atoms. The number of rotatable bonds is 5. The van der Waals surface area contributed by atoms with Crippen molar-refractivity contribution in [2.24, 2.45) is 0 Å². The van der Waals surface area contributed by atoms with Crippen LogP contribution in [0.1, 0.15) is 31.2 Å². The summed E-state index contributed by atoms with van der Waals surface area (Å²) in [5, 5.41) is 3.42. The second-order valence-electron chi connectivity index (χ2n) is 5.15. The van der Waals surface area contributed by atoms with E-state index in [1.54, 1.807) is 18.2 Å². The molecule has 2 rings (SSSR count). The van der Waals surface area contributed by atoms with E-state index in [4.69, 9.17) is 0 Å². The minimum atomic E-state index is -3.36. The molecule has 19 heavy (non-hydrogen) atoms. The van der Waals surface area contributed by atoms with Gasteiger partial charge in [-0.05, 0) is 50.4 Å². The van der Waals surface area contributed by atoms with Crippen molar-refractivity contribution in [3.05, 3.63) is 29.8 Å². The molecule has 1 saturated heterocycles. The second-order valence-corrected chi connectivity index (χ2v) is 6.92. The largest absolute Gasteiger partial charge is 0.314 e. The molecule has 5 heteroatoms. The average Bonchev–Trinajstić information content (AvgIpc) is 2.40. The van der Waals surface area contributed by atoms with Gasteiger partial charge in [0.1, 0.15) is 0 Å². The zero-order chi connectivity index (χ0) is 13.7. The highest BCUT2D eigenvalue weighted by Gasteiger charge is 2.16. The minimum absolute atomic E-state index is 0.351. The molecule has 1 aromatic rings. The van der Waals surface area contributed by atoms with E-state index in [0.29, 0.717) is 17.5 Å². The lowest BCUT2D eigenvalue weighted by Gasteiger charge is -2.23. The number of sulfonamides is 1. The van der Waals surface area contributed by atoms with Crippen molar-refractivity contribution in [2.75, 3.05) is 13.1 Å². The van der Waals surface area contributed by atoms with Gasteiger partial charge in [0.05, 0.1) is 4.90 Å². The molecule has 0 saturated carbocycles. The molecule has 1 atom stereocenters. The molecule has 0 aromatic heterocycles. The fraction of sp³-hybridized carbons (Fsp3) is 0.571. The molecule has 0 aliphatic carbocycles. The van der Waals surface area contributed by atoms with E-state index in [9.17, 15) is 8.42 Å². The highest BCUT2D eigenvalue weighted by molar-refractivity contribution is 7.89. The van der Waals surface area contributed by atoms with E-state index in [1.165, 1.54) is 12.8 Å². The van der Waals surface area contributed by atoms with Crippen molar-refractivity contribution in [3.63, 3.8) is 0 Å². The Morgan fingerprint density at radius 2 is 2.21 bits per heavy atom. The maximum Gasteiger partial charge on any atom is 0.240 e. The molecular formula is C14H22N2O2S. The molecule has 4 nitrogen and oxygen atoms in total. The Morgan fingerprint density at radius 1 is 1.37 bits per heavy atom. The first kappa shape index (κ1) is 14.5. The first-order chi connectivity index (χ1) is 9.08. The Hall–Kier alpha value is -0.910. The summed E-state index contributed by atoms with van der Waals surface area (Å²) in [5.41, 5.74) is 0.955. The lowest BCUT2D eigenvalue weighted by molar-refractivity contribution is 0.382. The molecule has 1 aliphatic heterocycles. The summed E-state index contributed by atoms with van der Waals surface area (Å²) in [4.78, 5) is 0.351. The van der Waals surface area contributed by atoms with Crippen LogP contribution in [-0.4, -0.2) is 27.5 Å². The zero-order valence-electron chi connectivity index (χ0n) is 11.4. The number of nitrogens with one attached hydrogen (secondary N) is 2. The molecule has 0 amide bonds. The SMILES string of the molecule is Cc1cccc(S(=O)(=O)NCCC2CCCCN2)c1. The zero-order valence-corrected chi connectivity index (χ0v) is 12.2. The van der Waals surface area contributed by atoms with Crippen LogP contribution in [0.3, 0.4) is 0 Å². The standard InChI is InChI=1S/C14H22N2O2S/c1-12-5-4-7-14(11-12)19(17,18)16-10-8-13-6-2-3-9-15-13/h4-5,7,11,13,15-16H,2-3,6,8-10H2,1H3. The molecule has 1 fully saturated rings. The Morgan fingerprint density at radius 3 is 2.89 bits per heavy atom. The smallest absolute Gasteiger partial charge is 0.240 e. The molecular weight excluding hydrogens is 260 g/mol. The van der Waals surface area contributed by atoms with Crippen LogP contribution in [0, 0.1) is 6.92 Å². The van der Waals surface area contributed by atoms with Gasteiger partial charge in [0, 0.05) is 12.6 Å². The monoisotopic (exact) mass is 282 g/mol. The average molecular weight is 282 g/mol. The Labute approximate surface area is 115 Å². The van der Waals surface area contributed by atoms with E-state index in [0.717, 1.165) is 24.9 Å². The van der Waals surface area contributed by atoms with E-state index in [1.807, 2.05) is 13.0 Å². The van der Waals surface area contributed by atoms with Gasteiger partial charge < -0.3 is 5.32 Å². The van der Waals surface area contributed by atoms with E-state index in [-0.39, 0.29) is 0 Å². The maximum atomic E-state index is 12.1. The molecule has 0 spiro atoms. The lowest BCUT2D eigenvalue weighted by atomic mass is 10.0. The van der Waals surface area contributed by atoms with Gasteiger partial charge in [-0.15, -0.1) is 0 Å². The van der Waals surface area contributed by atoms with Crippen LogP contribution in [0.4, 0.5) is 0 Å². The van der Waals surface area contributed by atoms with Crippen molar-refractivity contribution >= 4 is 10.0 Å². The summed E-state index contributed by atoms with van der Waals surface area (Å²) in [7, 11) is -3.36. The summed E-state index contributed by atoms with van der Waals surface area (Å²) in [5.74, 6) is 0. The molecule has 1 unspecified atom stereocenters. The summed E-state index contributed by atoms with van der Waals surface area (Å²) in [6, 6.07) is 7.45. The van der Waals surface area contributed by atoms with E-state index < -0.39 is 10.0 Å². The normalized spacial score (nSPS) is 20.4. The van der Waals surface area contributed by atoms with Gasteiger partial charge in [-0.25, -0.2) is 13.1 Å². The number of piperidine rings is 1. The highest BCUT2D eigenvalue weighted by Crippen LogP contribution is 2.12. The molecule has 0 radical (unpaired) electrons. The second kappa shape index (κ2) is 6.50. The minimum Gasteiger partial charge on any atom is -0.314 e. The van der Waals surface area contributed by atoms with Gasteiger partial charge in [-0.2, -0.15) is 0 Å². The summed E-state index contributed by atoms with van der Waals surface area (Å²) < 4.78 is 26.9. The maximum absolute atomic E-state index is 12.1. The molecule has 1 aliphatic rings. The van der Waals surface area contributed by atoms with Crippen molar-refractivity contribution in [2.45, 2.75) is 43.5 Å². The number of aryl methyl sites for hydroxylation is 1. The van der Waals surface area contributed by atoms with Gasteiger partial charge in [-0.1, -0.05) is 18.6 Å². The predicted molar refractivity (Wildman–Crippen MR) is 76.6 cm³/mol. The fourth-order valence-electron chi connectivity index (χ4n) is 2.40. The number of hydrogen-bond acceptors (Lipinski definition) is 3. The summed E-state index contributed by atoms with van der Waals surface area (Å²) in [6.45, 7) is 3.44. The van der Waals surface area contributed by atoms with Gasteiger partial charge in [0.2, 0.25) is 10.0 Å². The van der Waals surface area contributed by atoms with Gasteiger partial charge in [0.15, 0.2) is 0 Å². The van der Waals surface area contributed by atoms with Crippen LogP contribution < -0.4 is 10.0 Å². The molecule has 1 aromatic carbocycles. The van der Waals surface area contributed by atoms with E-state index in [2.05, 4.69) is 10.0 Å². The highest BCUT2D eigenvalue weighted by atomic mass is 32.2. The third-order valence-corrected chi connectivity index (χ3v) is 4.96. The fourth-order valence-corrected chi connectivity index (χ4v) is 3.56. The van der Waals surface area contributed by atoms with Crippen LogP contribution in [-0.2, 0) is 10.0 Å². The lowest BCUT2D eigenvalue weighted by Crippen LogP contribution is -2.37. The molecule has 106 valence electrons. The molecule has 1 heterocycles. The van der Waals surface area contributed by atoms with Crippen LogP contribution in [0.2, 0.25) is 0 Å². The van der Waals surface area contributed by atoms with Gasteiger partial charge >= 0.3 is 0 Å². The van der Waals surface area contributed by atoms with Crippen molar-refractivity contribution in [3.8, 4) is 0 Å². The van der Waals surface area contributed by atoms with Gasteiger partial charge in [0.25, 0.3) is 0 Å². The van der Waals surface area contributed by atoms with Crippen LogP contribution in [0.5, 0.6) is 0 Å². The Kier molecular flexibility index (Phi) is 4.96. The van der Waals surface area contributed by atoms with Crippen molar-refractivity contribution in [1.82, 2.24) is 10.0 Å².